The Morgan fingerprint density at radius 1 is 1.17 bits per heavy atom. The Morgan fingerprint density at radius 2 is 1.96 bits per heavy atom. The number of ether oxygens (including phenoxy) is 1. The fraction of sp³-hybridized carbons (Fsp3) is 0.125. The van der Waals surface area contributed by atoms with Crippen molar-refractivity contribution in [1.82, 2.24) is 0 Å². The van der Waals surface area contributed by atoms with Crippen molar-refractivity contribution < 1.29 is 27.5 Å². The summed E-state index contributed by atoms with van der Waals surface area (Å²) in [5.74, 6) is -0.528. The highest BCUT2D eigenvalue weighted by atomic mass is 19.4. The predicted octanol–water partition coefficient (Wildman–Crippen LogP) is 3.29. The Morgan fingerprint density at radius 3 is 2.71 bits per heavy atom. The van der Waals surface area contributed by atoms with Crippen molar-refractivity contribution in [1.29, 1.82) is 0 Å². The Balaban J connectivity index is 1.81. The monoisotopic (exact) mass is 336 g/mol. The first-order chi connectivity index (χ1) is 11.3. The fourth-order valence-corrected chi connectivity index (χ4v) is 2.20. The zero-order valence-corrected chi connectivity index (χ0v) is 12.1. The number of rotatable bonds is 2. The molecule has 0 aliphatic carbocycles. The van der Waals surface area contributed by atoms with Crippen LogP contribution in [0.3, 0.4) is 0 Å². The number of hydrogen-bond acceptors (Lipinski definition) is 3. The second kappa shape index (κ2) is 5.88. The van der Waals surface area contributed by atoms with Gasteiger partial charge in [0, 0.05) is 11.3 Å². The van der Waals surface area contributed by atoms with E-state index in [0.29, 0.717) is 11.4 Å². The molecule has 0 radical (unpaired) electrons. The molecule has 0 saturated heterocycles. The van der Waals surface area contributed by atoms with Crippen LogP contribution in [-0.4, -0.2) is 18.4 Å². The molecule has 2 N–H and O–H groups in total. The molecule has 124 valence electrons. The Kier molecular flexibility index (Phi) is 3.88. The van der Waals surface area contributed by atoms with Crippen molar-refractivity contribution >= 4 is 23.2 Å². The summed E-state index contributed by atoms with van der Waals surface area (Å²) in [4.78, 5) is 23.5. The number of hydrogen-bond donors (Lipinski definition) is 2. The number of nitrogens with one attached hydrogen (secondary N) is 2. The predicted molar refractivity (Wildman–Crippen MR) is 80.0 cm³/mol. The number of benzene rings is 2. The molecule has 1 aliphatic heterocycles. The average molecular weight is 336 g/mol. The van der Waals surface area contributed by atoms with Crippen LogP contribution in [0.4, 0.5) is 24.5 Å². The van der Waals surface area contributed by atoms with Gasteiger partial charge >= 0.3 is 6.18 Å². The van der Waals surface area contributed by atoms with Gasteiger partial charge in [-0.1, -0.05) is 6.07 Å². The molecule has 5 nitrogen and oxygen atoms in total. The molecule has 1 heterocycles. The lowest BCUT2D eigenvalue weighted by molar-refractivity contribution is -0.137. The number of anilines is 2. The van der Waals surface area contributed by atoms with Crippen LogP contribution in [0.1, 0.15) is 15.9 Å². The highest BCUT2D eigenvalue weighted by Crippen LogP contribution is 2.31. The van der Waals surface area contributed by atoms with Crippen LogP contribution in [0.25, 0.3) is 0 Å². The largest absolute Gasteiger partial charge is 0.482 e. The SMILES string of the molecule is O=C1COc2ccc(C(=O)Nc3cccc(C(F)(F)F)c3)cc2N1. The lowest BCUT2D eigenvalue weighted by atomic mass is 10.1. The van der Waals surface area contributed by atoms with Gasteiger partial charge in [-0.3, -0.25) is 9.59 Å². The van der Waals surface area contributed by atoms with Gasteiger partial charge in [0.25, 0.3) is 11.8 Å². The third-order valence-electron chi connectivity index (χ3n) is 3.32. The molecule has 0 bridgehead atoms. The van der Waals surface area contributed by atoms with Crippen LogP contribution >= 0.6 is 0 Å². The van der Waals surface area contributed by atoms with E-state index >= 15 is 0 Å². The Bertz CT molecular complexity index is 818. The van der Waals surface area contributed by atoms with Crippen LogP contribution in [-0.2, 0) is 11.0 Å². The number of carbonyl (C=O) groups is 2. The molecule has 8 heteroatoms. The Labute approximate surface area is 134 Å². The molecule has 0 aromatic heterocycles. The van der Waals surface area contributed by atoms with Gasteiger partial charge in [0.15, 0.2) is 6.61 Å². The smallest absolute Gasteiger partial charge is 0.416 e. The van der Waals surface area contributed by atoms with Crippen LogP contribution in [0.2, 0.25) is 0 Å². The van der Waals surface area contributed by atoms with Gasteiger partial charge in [0.1, 0.15) is 5.75 Å². The summed E-state index contributed by atoms with van der Waals surface area (Å²) < 4.78 is 43.2. The van der Waals surface area contributed by atoms with Gasteiger partial charge in [-0.25, -0.2) is 0 Å². The van der Waals surface area contributed by atoms with Crippen molar-refractivity contribution in [2.45, 2.75) is 6.18 Å². The second-order valence-electron chi connectivity index (χ2n) is 5.08. The molecule has 0 spiro atoms. The molecule has 2 aromatic rings. The maximum atomic E-state index is 12.7. The van der Waals surface area contributed by atoms with E-state index in [1.165, 1.54) is 30.3 Å². The lowest BCUT2D eigenvalue weighted by Crippen LogP contribution is -2.25. The van der Waals surface area contributed by atoms with Gasteiger partial charge in [-0.15, -0.1) is 0 Å². The maximum absolute atomic E-state index is 12.7. The first-order valence-electron chi connectivity index (χ1n) is 6.88. The van der Waals surface area contributed by atoms with Crippen molar-refractivity contribution in [3.05, 3.63) is 53.6 Å². The molecule has 1 aliphatic rings. The topological polar surface area (TPSA) is 67.4 Å². The van der Waals surface area contributed by atoms with E-state index in [9.17, 15) is 22.8 Å². The quantitative estimate of drug-likeness (QED) is 0.884. The maximum Gasteiger partial charge on any atom is 0.416 e. The molecule has 2 aromatic carbocycles. The zero-order valence-electron chi connectivity index (χ0n) is 12.1. The number of alkyl halides is 3. The van der Waals surface area contributed by atoms with Crippen LogP contribution < -0.4 is 15.4 Å². The molecule has 2 amide bonds. The molecule has 0 unspecified atom stereocenters. The third-order valence-corrected chi connectivity index (χ3v) is 3.32. The summed E-state index contributed by atoms with van der Waals surface area (Å²) in [5.41, 5.74) is -0.320. The summed E-state index contributed by atoms with van der Waals surface area (Å²) in [6.07, 6.45) is -4.49. The number of amides is 2. The molecule has 3 rings (SSSR count). The van der Waals surface area contributed by atoms with Crippen molar-refractivity contribution in [3.63, 3.8) is 0 Å². The Hall–Kier alpha value is -3.03. The summed E-state index contributed by atoms with van der Waals surface area (Å²) in [6, 6.07) is 8.70. The van der Waals surface area contributed by atoms with Gasteiger partial charge in [-0.05, 0) is 36.4 Å². The minimum atomic E-state index is -4.49. The highest BCUT2D eigenvalue weighted by molar-refractivity contribution is 6.06. The van der Waals surface area contributed by atoms with E-state index in [4.69, 9.17) is 4.74 Å². The van der Waals surface area contributed by atoms with Gasteiger partial charge < -0.3 is 15.4 Å². The first-order valence-corrected chi connectivity index (χ1v) is 6.88. The van der Waals surface area contributed by atoms with Crippen molar-refractivity contribution in [3.8, 4) is 5.75 Å². The number of fused-ring (bicyclic) bond motifs is 1. The standard InChI is InChI=1S/C16H11F3N2O3/c17-16(18,19)10-2-1-3-11(7-10)20-15(23)9-4-5-13-12(6-9)21-14(22)8-24-13/h1-7H,8H2,(H,20,23)(H,21,22). The highest BCUT2D eigenvalue weighted by Gasteiger charge is 2.30. The van der Waals surface area contributed by atoms with Crippen molar-refractivity contribution in [2.24, 2.45) is 0 Å². The molecule has 0 fully saturated rings. The molecule has 24 heavy (non-hydrogen) atoms. The van der Waals surface area contributed by atoms with Crippen molar-refractivity contribution in [2.75, 3.05) is 17.2 Å². The molecule has 0 saturated carbocycles. The summed E-state index contributed by atoms with van der Waals surface area (Å²) >= 11 is 0. The molecule has 0 atom stereocenters. The first kappa shape index (κ1) is 15.9. The number of carbonyl (C=O) groups excluding carboxylic acids is 2. The van der Waals surface area contributed by atoms with Gasteiger partial charge in [0.05, 0.1) is 11.3 Å². The second-order valence-corrected chi connectivity index (χ2v) is 5.08. The van der Waals surface area contributed by atoms with E-state index in [0.717, 1.165) is 12.1 Å². The van der Waals surface area contributed by atoms with Crippen LogP contribution in [0.5, 0.6) is 5.75 Å². The van der Waals surface area contributed by atoms with E-state index in [2.05, 4.69) is 10.6 Å². The van der Waals surface area contributed by atoms with E-state index in [-0.39, 0.29) is 23.8 Å². The van der Waals surface area contributed by atoms with Crippen LogP contribution in [0, 0.1) is 0 Å². The summed E-state index contributed by atoms with van der Waals surface area (Å²) in [7, 11) is 0. The lowest BCUT2D eigenvalue weighted by Gasteiger charge is -2.18. The molecular formula is C16H11F3N2O3. The van der Waals surface area contributed by atoms with Gasteiger partial charge in [-0.2, -0.15) is 13.2 Å². The summed E-state index contributed by atoms with van der Waals surface area (Å²) in [6.45, 7) is -0.108. The zero-order chi connectivity index (χ0) is 17.3. The summed E-state index contributed by atoms with van der Waals surface area (Å²) in [5, 5.41) is 4.95. The van der Waals surface area contributed by atoms with Crippen LogP contribution in [0.15, 0.2) is 42.5 Å². The third kappa shape index (κ3) is 3.32. The fourth-order valence-electron chi connectivity index (χ4n) is 2.20. The average Bonchev–Trinajstić information content (AvgIpc) is 2.53. The van der Waals surface area contributed by atoms with E-state index in [1.54, 1.807) is 0 Å². The minimum absolute atomic E-state index is 0.0211. The van der Waals surface area contributed by atoms with E-state index < -0.39 is 17.6 Å². The van der Waals surface area contributed by atoms with E-state index in [1.807, 2.05) is 0 Å². The number of halogens is 3. The van der Waals surface area contributed by atoms with Gasteiger partial charge in [0.2, 0.25) is 0 Å². The molecular weight excluding hydrogens is 325 g/mol. The minimum Gasteiger partial charge on any atom is -0.482 e. The normalized spacial score (nSPS) is 13.5.